The van der Waals surface area contributed by atoms with E-state index in [4.69, 9.17) is 0 Å². The number of nitrogens with one attached hydrogen (secondary N) is 2. The summed E-state index contributed by atoms with van der Waals surface area (Å²) in [6.45, 7) is 11.2. The van der Waals surface area contributed by atoms with Gasteiger partial charge in [-0.25, -0.2) is 0 Å². The van der Waals surface area contributed by atoms with Crippen LogP contribution in [0.1, 0.15) is 86.0 Å². The van der Waals surface area contributed by atoms with Crippen LogP contribution < -0.4 is 10.6 Å². The molecule has 0 aromatic rings. The SMILES string of the molecule is CCCCCCC(C)(CCCC)NC(=O)CNC(C)C. The molecule has 2 N–H and O–H groups in total. The number of rotatable bonds is 12. The third kappa shape index (κ3) is 10.2. The van der Waals surface area contributed by atoms with Crippen LogP contribution in [0.4, 0.5) is 0 Å². The summed E-state index contributed by atoms with van der Waals surface area (Å²) in [5, 5.41) is 6.45. The zero-order valence-corrected chi connectivity index (χ0v) is 14.3. The molecule has 0 aliphatic rings. The topological polar surface area (TPSA) is 41.1 Å². The first-order valence-corrected chi connectivity index (χ1v) is 8.48. The van der Waals surface area contributed by atoms with Crippen molar-refractivity contribution in [3.63, 3.8) is 0 Å². The second-order valence-corrected chi connectivity index (χ2v) is 6.56. The van der Waals surface area contributed by atoms with E-state index in [9.17, 15) is 4.79 Å². The van der Waals surface area contributed by atoms with Gasteiger partial charge in [0.1, 0.15) is 0 Å². The second-order valence-electron chi connectivity index (χ2n) is 6.56. The number of carbonyl (C=O) groups is 1. The summed E-state index contributed by atoms with van der Waals surface area (Å²) in [7, 11) is 0. The highest BCUT2D eigenvalue weighted by atomic mass is 16.2. The van der Waals surface area contributed by atoms with Crippen molar-refractivity contribution in [1.82, 2.24) is 10.6 Å². The van der Waals surface area contributed by atoms with Crippen LogP contribution in [0, 0.1) is 0 Å². The summed E-state index contributed by atoms with van der Waals surface area (Å²) in [5.74, 6) is 0.132. The maximum atomic E-state index is 12.0. The predicted molar refractivity (Wildman–Crippen MR) is 88.0 cm³/mol. The van der Waals surface area contributed by atoms with Crippen LogP contribution in [-0.4, -0.2) is 24.0 Å². The van der Waals surface area contributed by atoms with Gasteiger partial charge in [0.15, 0.2) is 0 Å². The molecule has 0 fully saturated rings. The molecule has 0 spiro atoms. The highest BCUT2D eigenvalue weighted by Gasteiger charge is 2.24. The van der Waals surface area contributed by atoms with Crippen molar-refractivity contribution in [2.24, 2.45) is 0 Å². The molecule has 0 radical (unpaired) electrons. The van der Waals surface area contributed by atoms with Crippen LogP contribution in [0.2, 0.25) is 0 Å². The quantitative estimate of drug-likeness (QED) is 0.531. The molecule has 0 aliphatic carbocycles. The highest BCUT2D eigenvalue weighted by Crippen LogP contribution is 2.21. The number of carbonyl (C=O) groups excluding carboxylic acids is 1. The molecule has 120 valence electrons. The first kappa shape index (κ1) is 19.4. The molecule has 3 nitrogen and oxygen atoms in total. The Labute approximate surface area is 126 Å². The Morgan fingerprint density at radius 2 is 1.60 bits per heavy atom. The Morgan fingerprint density at radius 1 is 1.00 bits per heavy atom. The Hall–Kier alpha value is -0.570. The minimum atomic E-state index is -0.0283. The van der Waals surface area contributed by atoms with E-state index in [1.54, 1.807) is 0 Å². The Bertz CT molecular complexity index is 253. The molecule has 3 heteroatoms. The summed E-state index contributed by atoms with van der Waals surface area (Å²) >= 11 is 0. The summed E-state index contributed by atoms with van der Waals surface area (Å²) in [6, 6.07) is 0.354. The molecular formula is C17H36N2O. The fraction of sp³-hybridized carbons (Fsp3) is 0.941. The monoisotopic (exact) mass is 284 g/mol. The van der Waals surface area contributed by atoms with Crippen molar-refractivity contribution in [3.8, 4) is 0 Å². The highest BCUT2D eigenvalue weighted by molar-refractivity contribution is 5.78. The fourth-order valence-corrected chi connectivity index (χ4v) is 2.44. The van der Waals surface area contributed by atoms with Crippen LogP contribution in [0.25, 0.3) is 0 Å². The average Bonchev–Trinajstić information content (AvgIpc) is 2.39. The Balaban J connectivity index is 4.25. The van der Waals surface area contributed by atoms with Crippen molar-refractivity contribution in [1.29, 1.82) is 0 Å². The van der Waals surface area contributed by atoms with E-state index in [0.717, 1.165) is 12.8 Å². The molecule has 1 unspecified atom stereocenters. The molecule has 0 bridgehead atoms. The van der Waals surface area contributed by atoms with Gasteiger partial charge in [0.05, 0.1) is 6.54 Å². The van der Waals surface area contributed by atoms with E-state index < -0.39 is 0 Å². The van der Waals surface area contributed by atoms with Gasteiger partial charge in [-0.2, -0.15) is 0 Å². The normalized spacial score (nSPS) is 14.3. The Morgan fingerprint density at radius 3 is 2.15 bits per heavy atom. The number of hydrogen-bond donors (Lipinski definition) is 2. The van der Waals surface area contributed by atoms with Crippen LogP contribution in [0.3, 0.4) is 0 Å². The molecule has 1 atom stereocenters. The van der Waals surface area contributed by atoms with Crippen LogP contribution in [0.15, 0.2) is 0 Å². The summed E-state index contributed by atoms with van der Waals surface area (Å²) in [4.78, 5) is 12.0. The lowest BCUT2D eigenvalue weighted by Crippen LogP contribution is -2.49. The predicted octanol–water partition coefficient (Wildman–Crippen LogP) is 4.02. The Kier molecular flexibility index (Phi) is 10.8. The molecule has 0 aromatic heterocycles. The average molecular weight is 284 g/mol. The molecule has 0 aliphatic heterocycles. The van der Waals surface area contributed by atoms with Gasteiger partial charge in [0.25, 0.3) is 0 Å². The smallest absolute Gasteiger partial charge is 0.234 e. The molecule has 1 amide bonds. The maximum Gasteiger partial charge on any atom is 0.234 e. The van der Waals surface area contributed by atoms with Crippen molar-refractivity contribution < 1.29 is 4.79 Å². The van der Waals surface area contributed by atoms with Crippen LogP contribution >= 0.6 is 0 Å². The lowest BCUT2D eigenvalue weighted by molar-refractivity contribution is -0.122. The van der Waals surface area contributed by atoms with Gasteiger partial charge in [0, 0.05) is 11.6 Å². The van der Waals surface area contributed by atoms with Gasteiger partial charge >= 0.3 is 0 Å². The lowest BCUT2D eigenvalue weighted by Gasteiger charge is -2.31. The van der Waals surface area contributed by atoms with Gasteiger partial charge in [-0.05, 0) is 19.8 Å². The molecular weight excluding hydrogens is 248 g/mol. The van der Waals surface area contributed by atoms with E-state index in [2.05, 4.69) is 45.3 Å². The first-order valence-electron chi connectivity index (χ1n) is 8.48. The van der Waals surface area contributed by atoms with E-state index >= 15 is 0 Å². The third-order valence-electron chi connectivity index (χ3n) is 3.78. The molecule has 0 heterocycles. The summed E-state index contributed by atoms with van der Waals surface area (Å²) in [5.41, 5.74) is -0.0283. The van der Waals surface area contributed by atoms with Crippen molar-refractivity contribution >= 4 is 5.91 Å². The molecule has 0 rings (SSSR count). The van der Waals surface area contributed by atoms with Gasteiger partial charge in [-0.1, -0.05) is 66.2 Å². The van der Waals surface area contributed by atoms with Crippen LogP contribution in [0.5, 0.6) is 0 Å². The van der Waals surface area contributed by atoms with Gasteiger partial charge in [0.2, 0.25) is 5.91 Å². The minimum absolute atomic E-state index is 0.0283. The number of hydrogen-bond acceptors (Lipinski definition) is 2. The van der Waals surface area contributed by atoms with Crippen LogP contribution in [-0.2, 0) is 4.79 Å². The zero-order chi connectivity index (χ0) is 15.4. The van der Waals surface area contributed by atoms with E-state index in [1.165, 1.54) is 38.5 Å². The van der Waals surface area contributed by atoms with Gasteiger partial charge in [-0.15, -0.1) is 0 Å². The number of unbranched alkanes of at least 4 members (excludes halogenated alkanes) is 4. The van der Waals surface area contributed by atoms with Crippen molar-refractivity contribution in [3.05, 3.63) is 0 Å². The molecule has 20 heavy (non-hydrogen) atoms. The third-order valence-corrected chi connectivity index (χ3v) is 3.78. The molecule has 0 saturated heterocycles. The summed E-state index contributed by atoms with van der Waals surface area (Å²) in [6.07, 6.45) is 9.60. The zero-order valence-electron chi connectivity index (χ0n) is 14.3. The summed E-state index contributed by atoms with van der Waals surface area (Å²) < 4.78 is 0. The fourth-order valence-electron chi connectivity index (χ4n) is 2.44. The van der Waals surface area contributed by atoms with E-state index in [0.29, 0.717) is 12.6 Å². The van der Waals surface area contributed by atoms with E-state index in [-0.39, 0.29) is 11.4 Å². The number of amides is 1. The largest absolute Gasteiger partial charge is 0.350 e. The second kappa shape index (κ2) is 11.1. The first-order chi connectivity index (χ1) is 9.43. The van der Waals surface area contributed by atoms with Crippen molar-refractivity contribution in [2.45, 2.75) is 97.6 Å². The molecule has 0 aromatic carbocycles. The molecule has 0 saturated carbocycles. The van der Waals surface area contributed by atoms with Crippen molar-refractivity contribution in [2.75, 3.05) is 6.54 Å². The minimum Gasteiger partial charge on any atom is -0.350 e. The standard InChI is InChI=1S/C17H36N2O/c1-6-8-10-11-13-17(5,12-9-7-2)19-16(20)14-18-15(3)4/h15,18H,6-14H2,1-5H3,(H,19,20). The van der Waals surface area contributed by atoms with E-state index in [1.807, 2.05) is 0 Å². The van der Waals surface area contributed by atoms with Gasteiger partial charge in [-0.3, -0.25) is 4.79 Å². The lowest BCUT2D eigenvalue weighted by atomic mass is 9.88. The van der Waals surface area contributed by atoms with Gasteiger partial charge < -0.3 is 10.6 Å². The maximum absolute atomic E-state index is 12.0.